The van der Waals surface area contributed by atoms with Crippen molar-refractivity contribution >= 4 is 34.1 Å². The molecule has 1 N–H and O–H groups in total. The molecular weight excluding hydrogens is 298 g/mol. The van der Waals surface area contributed by atoms with E-state index < -0.39 is 0 Å². The molecule has 0 radical (unpaired) electrons. The number of pyridine rings is 1. The molecule has 2 heterocycles. The first kappa shape index (κ1) is 15.1. The molecule has 1 unspecified atom stereocenters. The van der Waals surface area contributed by atoms with Crippen molar-refractivity contribution in [2.75, 3.05) is 18.4 Å². The van der Waals surface area contributed by atoms with E-state index in [-0.39, 0.29) is 11.9 Å². The lowest BCUT2D eigenvalue weighted by Crippen LogP contribution is -2.28. The van der Waals surface area contributed by atoms with Gasteiger partial charge in [0.2, 0.25) is 5.91 Å². The molecular formula is C17H20ClN3O. The number of nitrogens with one attached hydrogen (secondary N) is 1. The van der Waals surface area contributed by atoms with Crippen molar-refractivity contribution in [3.63, 3.8) is 0 Å². The molecule has 0 aliphatic carbocycles. The van der Waals surface area contributed by atoms with E-state index in [1.807, 2.05) is 30.0 Å². The first-order chi connectivity index (χ1) is 10.6. The van der Waals surface area contributed by atoms with Gasteiger partial charge < -0.3 is 10.2 Å². The highest BCUT2D eigenvalue weighted by atomic mass is 35.5. The third-order valence-corrected chi connectivity index (χ3v) is 4.29. The largest absolute Gasteiger partial charge is 0.379 e. The number of hydrogen-bond donors (Lipinski definition) is 1. The number of likely N-dealkylation sites (tertiary alicyclic amines) is 1. The first-order valence-electron chi connectivity index (χ1n) is 7.67. The Morgan fingerprint density at radius 2 is 2.27 bits per heavy atom. The van der Waals surface area contributed by atoms with Gasteiger partial charge >= 0.3 is 0 Å². The fraction of sp³-hybridized carbons (Fsp3) is 0.412. The molecule has 116 valence electrons. The molecule has 1 amide bonds. The lowest BCUT2D eigenvalue weighted by molar-refractivity contribution is -0.127. The molecule has 3 rings (SSSR count). The van der Waals surface area contributed by atoms with E-state index in [2.05, 4.69) is 17.2 Å². The number of amides is 1. The molecule has 0 spiro atoms. The molecule has 1 fully saturated rings. The summed E-state index contributed by atoms with van der Waals surface area (Å²) in [5.41, 5.74) is 3.00. The van der Waals surface area contributed by atoms with Crippen LogP contribution in [0.25, 0.3) is 10.9 Å². The molecule has 1 aromatic carbocycles. The predicted molar refractivity (Wildman–Crippen MR) is 90.4 cm³/mol. The molecule has 1 aliphatic heterocycles. The maximum Gasteiger partial charge on any atom is 0.224 e. The molecule has 1 saturated heterocycles. The maximum absolute atomic E-state index is 12.0. The Balaban J connectivity index is 1.87. The predicted octanol–water partition coefficient (Wildman–Crippen LogP) is 3.62. The van der Waals surface area contributed by atoms with Gasteiger partial charge in [0.1, 0.15) is 0 Å². The van der Waals surface area contributed by atoms with Crippen molar-refractivity contribution < 1.29 is 4.79 Å². The number of carbonyl (C=O) groups is 1. The number of aromatic nitrogens is 1. The van der Waals surface area contributed by atoms with E-state index >= 15 is 0 Å². The van der Waals surface area contributed by atoms with Crippen molar-refractivity contribution in [3.05, 3.63) is 35.0 Å². The summed E-state index contributed by atoms with van der Waals surface area (Å²) in [5, 5.41) is 5.21. The Bertz CT molecular complexity index is 716. The second kappa shape index (κ2) is 6.13. The van der Waals surface area contributed by atoms with Gasteiger partial charge in [-0.3, -0.25) is 9.78 Å². The van der Waals surface area contributed by atoms with Crippen molar-refractivity contribution in [1.29, 1.82) is 0 Å². The molecule has 2 aromatic rings. The highest BCUT2D eigenvalue weighted by molar-refractivity contribution is 6.31. The van der Waals surface area contributed by atoms with Gasteiger partial charge in [-0.1, -0.05) is 18.5 Å². The molecule has 0 bridgehead atoms. The number of fused-ring (bicyclic) bond motifs is 1. The second-order valence-electron chi connectivity index (χ2n) is 5.86. The molecule has 1 aliphatic rings. The summed E-state index contributed by atoms with van der Waals surface area (Å²) < 4.78 is 0. The third-order valence-electron chi connectivity index (χ3n) is 4.07. The van der Waals surface area contributed by atoms with Crippen LogP contribution in [0.3, 0.4) is 0 Å². The van der Waals surface area contributed by atoms with Crippen molar-refractivity contribution in [1.82, 2.24) is 9.88 Å². The summed E-state index contributed by atoms with van der Waals surface area (Å²) in [7, 11) is 0. The Kier molecular flexibility index (Phi) is 4.21. The first-order valence-corrected chi connectivity index (χ1v) is 8.05. The van der Waals surface area contributed by atoms with Crippen LogP contribution in [0.1, 0.15) is 25.3 Å². The van der Waals surface area contributed by atoms with Crippen molar-refractivity contribution in [3.8, 4) is 0 Å². The number of hydrogen-bond acceptors (Lipinski definition) is 3. The molecule has 1 atom stereocenters. The van der Waals surface area contributed by atoms with Gasteiger partial charge in [0.25, 0.3) is 0 Å². The van der Waals surface area contributed by atoms with E-state index in [4.69, 9.17) is 11.6 Å². The number of nitrogens with zero attached hydrogens (tertiary/aromatic N) is 2. The minimum absolute atomic E-state index is 0.143. The van der Waals surface area contributed by atoms with Gasteiger partial charge in [-0.05, 0) is 37.1 Å². The second-order valence-corrected chi connectivity index (χ2v) is 6.30. The van der Waals surface area contributed by atoms with Crippen LogP contribution < -0.4 is 5.32 Å². The maximum atomic E-state index is 12.0. The molecule has 1 aromatic heterocycles. The number of aryl methyl sites for hydroxylation is 1. The fourth-order valence-corrected chi connectivity index (χ4v) is 3.36. The van der Waals surface area contributed by atoms with Crippen LogP contribution >= 0.6 is 11.6 Å². The van der Waals surface area contributed by atoms with Crippen LogP contribution in [0.4, 0.5) is 5.69 Å². The van der Waals surface area contributed by atoms with Crippen molar-refractivity contribution in [2.45, 2.75) is 32.7 Å². The molecule has 5 heteroatoms. The Labute approximate surface area is 135 Å². The average molecular weight is 318 g/mol. The van der Waals surface area contributed by atoms with Crippen molar-refractivity contribution in [2.24, 2.45) is 0 Å². The van der Waals surface area contributed by atoms with Gasteiger partial charge in [-0.15, -0.1) is 0 Å². The van der Waals surface area contributed by atoms with Gasteiger partial charge in [-0.2, -0.15) is 0 Å². The summed E-state index contributed by atoms with van der Waals surface area (Å²) in [5.74, 6) is 0.229. The van der Waals surface area contributed by atoms with Crippen LogP contribution in [0.2, 0.25) is 5.02 Å². The third kappa shape index (κ3) is 2.88. The van der Waals surface area contributed by atoms with E-state index in [1.54, 1.807) is 6.20 Å². The number of rotatable bonds is 4. The zero-order chi connectivity index (χ0) is 15.7. The fourth-order valence-electron chi connectivity index (χ4n) is 3.09. The molecule has 4 nitrogen and oxygen atoms in total. The van der Waals surface area contributed by atoms with Gasteiger partial charge in [0, 0.05) is 41.8 Å². The number of anilines is 1. The number of halogens is 1. The zero-order valence-corrected chi connectivity index (χ0v) is 13.7. The normalized spacial score (nSPS) is 18.2. The smallest absolute Gasteiger partial charge is 0.224 e. The standard InChI is InChI=1S/C17H20ClN3O/c1-3-6-21-10-13(9-16(21)22)20-15-4-5-19-17-11(2)7-12(18)8-14(15)17/h4-5,7-8,13H,3,6,9-10H2,1-2H3,(H,19,20). The van der Waals surface area contributed by atoms with Crippen LogP contribution in [0.5, 0.6) is 0 Å². The highest BCUT2D eigenvalue weighted by Gasteiger charge is 2.29. The quantitative estimate of drug-likeness (QED) is 0.936. The van der Waals surface area contributed by atoms with Gasteiger partial charge in [-0.25, -0.2) is 0 Å². The van der Waals surface area contributed by atoms with E-state index in [0.29, 0.717) is 11.4 Å². The van der Waals surface area contributed by atoms with E-state index in [9.17, 15) is 4.79 Å². The Morgan fingerprint density at radius 1 is 1.45 bits per heavy atom. The van der Waals surface area contributed by atoms with Gasteiger partial charge in [0.15, 0.2) is 0 Å². The Hall–Kier alpha value is -1.81. The SMILES string of the molecule is CCCN1CC(Nc2ccnc3c(C)cc(Cl)cc23)CC1=O. The zero-order valence-electron chi connectivity index (χ0n) is 12.9. The van der Waals surface area contributed by atoms with E-state index in [0.717, 1.165) is 41.7 Å². The highest BCUT2D eigenvalue weighted by Crippen LogP contribution is 2.29. The molecule has 0 saturated carbocycles. The van der Waals surface area contributed by atoms with Crippen LogP contribution in [-0.2, 0) is 4.79 Å². The lowest BCUT2D eigenvalue weighted by atomic mass is 10.1. The van der Waals surface area contributed by atoms with E-state index in [1.165, 1.54) is 0 Å². The summed E-state index contributed by atoms with van der Waals surface area (Å²) in [6.45, 7) is 5.69. The minimum Gasteiger partial charge on any atom is -0.379 e. The lowest BCUT2D eigenvalue weighted by Gasteiger charge is -2.18. The van der Waals surface area contributed by atoms with Crippen LogP contribution in [-0.4, -0.2) is 34.9 Å². The summed E-state index contributed by atoms with van der Waals surface area (Å²) >= 11 is 6.18. The van der Waals surface area contributed by atoms with Gasteiger partial charge in [0.05, 0.1) is 11.6 Å². The number of benzene rings is 1. The Morgan fingerprint density at radius 3 is 3.05 bits per heavy atom. The molecule has 22 heavy (non-hydrogen) atoms. The average Bonchev–Trinajstić information content (AvgIpc) is 2.80. The summed E-state index contributed by atoms with van der Waals surface area (Å²) in [6.07, 6.45) is 3.33. The van der Waals surface area contributed by atoms with Crippen LogP contribution in [0, 0.1) is 6.92 Å². The van der Waals surface area contributed by atoms with Crippen LogP contribution in [0.15, 0.2) is 24.4 Å². The topological polar surface area (TPSA) is 45.2 Å². The monoisotopic (exact) mass is 317 g/mol. The number of carbonyl (C=O) groups excluding carboxylic acids is 1. The minimum atomic E-state index is 0.143. The summed E-state index contributed by atoms with van der Waals surface area (Å²) in [4.78, 5) is 18.4. The summed E-state index contributed by atoms with van der Waals surface area (Å²) in [6, 6.07) is 5.94.